The van der Waals surface area contributed by atoms with Crippen molar-refractivity contribution in [3.63, 3.8) is 0 Å². The Kier molecular flexibility index (Phi) is 5.87. The number of rotatable bonds is 6. The van der Waals surface area contributed by atoms with Crippen molar-refractivity contribution in [1.82, 2.24) is 10.6 Å². The van der Waals surface area contributed by atoms with E-state index in [9.17, 15) is 14.0 Å². The lowest BCUT2D eigenvalue weighted by Gasteiger charge is -2.19. The lowest BCUT2D eigenvalue weighted by Crippen LogP contribution is -2.33. The first-order chi connectivity index (χ1) is 11.0. The van der Waals surface area contributed by atoms with Crippen LogP contribution in [-0.4, -0.2) is 11.8 Å². The number of hydrogen-bond donors (Lipinski definition) is 2. The molecule has 1 aromatic heterocycles. The fourth-order valence-corrected chi connectivity index (χ4v) is 3.13. The molecular formula is C17H19FN2O2S. The van der Waals surface area contributed by atoms with Gasteiger partial charge in [-0.2, -0.15) is 0 Å². The molecule has 2 unspecified atom stereocenters. The van der Waals surface area contributed by atoms with Crippen LogP contribution in [0.25, 0.3) is 0 Å². The van der Waals surface area contributed by atoms with Crippen LogP contribution in [0.2, 0.25) is 0 Å². The summed E-state index contributed by atoms with van der Waals surface area (Å²) in [6.45, 7) is 3.15. The number of halogens is 1. The highest BCUT2D eigenvalue weighted by atomic mass is 32.1. The molecule has 0 aliphatic carbocycles. The first kappa shape index (κ1) is 17.1. The third kappa shape index (κ3) is 4.89. The molecule has 2 N–H and O–H groups in total. The van der Waals surface area contributed by atoms with E-state index in [2.05, 4.69) is 10.6 Å². The summed E-state index contributed by atoms with van der Waals surface area (Å²) >= 11 is 1.48. The Hall–Kier alpha value is -2.21. The van der Waals surface area contributed by atoms with Gasteiger partial charge in [-0.25, -0.2) is 4.39 Å². The molecule has 2 atom stereocenters. The fourth-order valence-electron chi connectivity index (χ4n) is 2.35. The topological polar surface area (TPSA) is 58.2 Å². The van der Waals surface area contributed by atoms with Crippen molar-refractivity contribution in [2.45, 2.75) is 32.4 Å². The zero-order valence-electron chi connectivity index (χ0n) is 13.0. The predicted molar refractivity (Wildman–Crippen MR) is 88.5 cm³/mol. The predicted octanol–water partition coefficient (Wildman–Crippen LogP) is 3.33. The van der Waals surface area contributed by atoms with E-state index in [-0.39, 0.29) is 30.1 Å². The van der Waals surface area contributed by atoms with Gasteiger partial charge in [0.1, 0.15) is 5.82 Å². The Labute approximate surface area is 138 Å². The molecule has 0 radical (unpaired) electrons. The van der Waals surface area contributed by atoms with Crippen molar-refractivity contribution in [1.29, 1.82) is 0 Å². The highest BCUT2D eigenvalue weighted by Gasteiger charge is 2.20. The van der Waals surface area contributed by atoms with Crippen LogP contribution in [-0.2, 0) is 9.59 Å². The lowest BCUT2D eigenvalue weighted by atomic mass is 10.1. The van der Waals surface area contributed by atoms with Crippen LogP contribution >= 0.6 is 11.3 Å². The quantitative estimate of drug-likeness (QED) is 0.851. The lowest BCUT2D eigenvalue weighted by molar-refractivity contribution is -0.123. The molecule has 23 heavy (non-hydrogen) atoms. The maximum Gasteiger partial charge on any atom is 0.222 e. The standard InChI is InChI=1S/C17H19FN2O2S/c1-11(13-6-3-4-7-14(13)18)19-17(22)10-15(20-12(2)21)16-8-5-9-23-16/h3-9,11,15H,10H2,1-2H3,(H,19,22)(H,20,21). The fraction of sp³-hybridized carbons (Fsp3) is 0.294. The summed E-state index contributed by atoms with van der Waals surface area (Å²) in [6, 6.07) is 9.27. The monoisotopic (exact) mass is 334 g/mol. The molecule has 2 aromatic rings. The zero-order chi connectivity index (χ0) is 16.8. The van der Waals surface area contributed by atoms with E-state index in [4.69, 9.17) is 0 Å². The molecule has 0 saturated carbocycles. The van der Waals surface area contributed by atoms with E-state index in [1.165, 1.54) is 24.3 Å². The summed E-state index contributed by atoms with van der Waals surface area (Å²) in [4.78, 5) is 24.5. The van der Waals surface area contributed by atoms with Crippen LogP contribution in [0.4, 0.5) is 4.39 Å². The molecule has 6 heteroatoms. The van der Waals surface area contributed by atoms with E-state index in [0.29, 0.717) is 5.56 Å². The summed E-state index contributed by atoms with van der Waals surface area (Å²) < 4.78 is 13.7. The van der Waals surface area contributed by atoms with Crippen molar-refractivity contribution < 1.29 is 14.0 Å². The summed E-state index contributed by atoms with van der Waals surface area (Å²) in [5.74, 6) is -0.789. The molecule has 0 saturated heterocycles. The van der Waals surface area contributed by atoms with Crippen molar-refractivity contribution in [3.05, 3.63) is 58.0 Å². The average Bonchev–Trinajstić information content (AvgIpc) is 3.00. The second-order valence-corrected chi connectivity index (χ2v) is 6.26. The van der Waals surface area contributed by atoms with E-state index in [0.717, 1.165) is 4.88 Å². The van der Waals surface area contributed by atoms with Crippen molar-refractivity contribution in [2.75, 3.05) is 0 Å². The van der Waals surface area contributed by atoms with E-state index in [1.807, 2.05) is 17.5 Å². The number of hydrogen-bond acceptors (Lipinski definition) is 3. The van der Waals surface area contributed by atoms with Gasteiger partial charge in [0.05, 0.1) is 18.5 Å². The maximum atomic E-state index is 13.7. The van der Waals surface area contributed by atoms with Crippen LogP contribution in [0, 0.1) is 5.82 Å². The van der Waals surface area contributed by atoms with E-state index in [1.54, 1.807) is 25.1 Å². The third-order valence-electron chi connectivity index (χ3n) is 3.40. The zero-order valence-corrected chi connectivity index (χ0v) is 13.8. The number of carbonyl (C=O) groups is 2. The number of benzene rings is 1. The van der Waals surface area contributed by atoms with Crippen LogP contribution in [0.3, 0.4) is 0 Å². The number of thiophene rings is 1. The molecule has 122 valence electrons. The molecule has 0 spiro atoms. The van der Waals surface area contributed by atoms with Crippen LogP contribution in [0.5, 0.6) is 0 Å². The summed E-state index contributed by atoms with van der Waals surface area (Å²) in [7, 11) is 0. The van der Waals surface area contributed by atoms with Gasteiger partial charge in [0, 0.05) is 17.4 Å². The van der Waals surface area contributed by atoms with Crippen molar-refractivity contribution in [2.24, 2.45) is 0 Å². The molecule has 0 aliphatic rings. The molecule has 4 nitrogen and oxygen atoms in total. The minimum Gasteiger partial charge on any atom is -0.349 e. The van der Waals surface area contributed by atoms with Gasteiger partial charge in [-0.3, -0.25) is 9.59 Å². The van der Waals surface area contributed by atoms with Gasteiger partial charge >= 0.3 is 0 Å². The molecule has 0 bridgehead atoms. The Bertz CT molecular complexity index is 673. The van der Waals surface area contributed by atoms with Gasteiger partial charge in [0.25, 0.3) is 0 Å². The van der Waals surface area contributed by atoms with Crippen molar-refractivity contribution in [3.8, 4) is 0 Å². The summed E-state index contributed by atoms with van der Waals surface area (Å²) in [5.41, 5.74) is 0.438. The highest BCUT2D eigenvalue weighted by molar-refractivity contribution is 7.10. The normalized spacial score (nSPS) is 13.2. The molecule has 1 aromatic carbocycles. The first-order valence-corrected chi connectivity index (χ1v) is 8.19. The van der Waals surface area contributed by atoms with Gasteiger partial charge in [-0.1, -0.05) is 24.3 Å². The van der Waals surface area contributed by atoms with Crippen molar-refractivity contribution >= 4 is 23.2 Å². The van der Waals surface area contributed by atoms with Gasteiger partial charge in [0.15, 0.2) is 0 Å². The largest absolute Gasteiger partial charge is 0.349 e. The molecule has 0 aliphatic heterocycles. The molecule has 0 fully saturated rings. The minimum atomic E-state index is -0.440. The van der Waals surface area contributed by atoms with Gasteiger partial charge in [-0.15, -0.1) is 11.3 Å². The summed E-state index contributed by atoms with van der Waals surface area (Å²) in [6.07, 6.45) is 0.110. The van der Waals surface area contributed by atoms with Crippen LogP contribution < -0.4 is 10.6 Å². The van der Waals surface area contributed by atoms with Crippen LogP contribution in [0.15, 0.2) is 41.8 Å². The first-order valence-electron chi connectivity index (χ1n) is 7.31. The van der Waals surface area contributed by atoms with Gasteiger partial charge < -0.3 is 10.6 Å². The van der Waals surface area contributed by atoms with Crippen LogP contribution in [0.1, 0.15) is 42.8 Å². The average molecular weight is 334 g/mol. The second kappa shape index (κ2) is 7.87. The second-order valence-electron chi connectivity index (χ2n) is 5.28. The number of nitrogens with one attached hydrogen (secondary N) is 2. The maximum absolute atomic E-state index is 13.7. The molecule has 2 amide bonds. The van der Waals surface area contributed by atoms with Gasteiger partial charge in [0.2, 0.25) is 11.8 Å². The minimum absolute atomic E-state index is 0.110. The van der Waals surface area contributed by atoms with E-state index < -0.39 is 6.04 Å². The molecular weight excluding hydrogens is 315 g/mol. The van der Waals surface area contributed by atoms with Gasteiger partial charge in [-0.05, 0) is 24.4 Å². The Morgan fingerprint density at radius 2 is 1.91 bits per heavy atom. The molecule has 1 heterocycles. The smallest absolute Gasteiger partial charge is 0.222 e. The molecule has 2 rings (SSSR count). The Morgan fingerprint density at radius 1 is 1.17 bits per heavy atom. The Morgan fingerprint density at radius 3 is 2.52 bits per heavy atom. The van der Waals surface area contributed by atoms with E-state index >= 15 is 0 Å². The Balaban J connectivity index is 2.02. The summed E-state index contributed by atoms with van der Waals surface area (Å²) in [5, 5.41) is 7.44. The SMILES string of the molecule is CC(=O)NC(CC(=O)NC(C)c1ccccc1F)c1cccs1. The highest BCUT2D eigenvalue weighted by Crippen LogP contribution is 2.23. The number of amides is 2. The third-order valence-corrected chi connectivity index (χ3v) is 4.39. The number of carbonyl (C=O) groups excluding carboxylic acids is 2.